The minimum Gasteiger partial charge on any atom is -0.468 e. The van der Waals surface area contributed by atoms with Gasteiger partial charge in [0.2, 0.25) is 11.8 Å². The molecule has 0 atom stereocenters. The summed E-state index contributed by atoms with van der Waals surface area (Å²) in [4.78, 5) is 18.7. The van der Waals surface area contributed by atoms with Crippen molar-refractivity contribution in [3.8, 4) is 5.88 Å². The zero-order valence-electron chi connectivity index (χ0n) is 12.1. The van der Waals surface area contributed by atoms with Crippen LogP contribution in [-0.2, 0) is 6.54 Å². The normalized spacial score (nSPS) is 11.2. The number of hydrogen-bond acceptors (Lipinski definition) is 5. The van der Waals surface area contributed by atoms with Gasteiger partial charge in [0, 0.05) is 24.5 Å². The Morgan fingerprint density at radius 3 is 2.75 bits per heavy atom. The van der Waals surface area contributed by atoms with E-state index in [-0.39, 0.29) is 28.8 Å². The fraction of sp³-hybridized carbons (Fsp3) is 0.214. The third kappa shape index (κ3) is 4.98. The van der Waals surface area contributed by atoms with Gasteiger partial charge in [0.15, 0.2) is 6.61 Å². The summed E-state index contributed by atoms with van der Waals surface area (Å²) in [6, 6.07) is 4.45. The summed E-state index contributed by atoms with van der Waals surface area (Å²) in [7, 11) is 0. The second-order valence-corrected chi connectivity index (χ2v) is 5.05. The Labute approximate surface area is 139 Å². The summed E-state index contributed by atoms with van der Waals surface area (Å²) >= 11 is 5.97. The quantitative estimate of drug-likeness (QED) is 0.826. The molecule has 0 aliphatic carbocycles. The third-order valence-electron chi connectivity index (χ3n) is 2.79. The van der Waals surface area contributed by atoms with E-state index in [0.29, 0.717) is 5.56 Å². The molecule has 0 bridgehead atoms. The van der Waals surface area contributed by atoms with E-state index in [4.69, 9.17) is 17.3 Å². The number of rotatable bonds is 6. The molecule has 0 saturated heterocycles. The first kappa shape index (κ1) is 17.8. The van der Waals surface area contributed by atoms with Crippen LogP contribution in [0.15, 0.2) is 30.6 Å². The molecule has 2 heterocycles. The summed E-state index contributed by atoms with van der Waals surface area (Å²) in [5.74, 6) is -0.578. The van der Waals surface area contributed by atoms with Crippen LogP contribution in [-0.4, -0.2) is 28.7 Å². The van der Waals surface area contributed by atoms with Gasteiger partial charge in [-0.05, 0) is 12.1 Å². The number of alkyl halides is 3. The number of nitrogens with two attached hydrogens (primary N) is 1. The number of nitrogens with one attached hydrogen (secondary N) is 1. The summed E-state index contributed by atoms with van der Waals surface area (Å²) in [5.41, 5.74) is 5.64. The van der Waals surface area contributed by atoms with Gasteiger partial charge in [-0.25, -0.2) is 9.97 Å². The summed E-state index contributed by atoms with van der Waals surface area (Å²) < 4.78 is 41.4. The van der Waals surface area contributed by atoms with Crippen molar-refractivity contribution in [1.82, 2.24) is 9.97 Å². The highest BCUT2D eigenvalue weighted by Gasteiger charge is 2.29. The van der Waals surface area contributed by atoms with E-state index >= 15 is 0 Å². The van der Waals surface area contributed by atoms with E-state index in [1.807, 2.05) is 0 Å². The Kier molecular flexibility index (Phi) is 5.45. The smallest absolute Gasteiger partial charge is 0.422 e. The van der Waals surface area contributed by atoms with E-state index in [1.165, 1.54) is 18.5 Å². The zero-order chi connectivity index (χ0) is 17.7. The maximum absolute atomic E-state index is 12.2. The molecule has 2 aromatic rings. The number of nitrogens with zero attached hydrogens (tertiary/aromatic N) is 2. The van der Waals surface area contributed by atoms with Gasteiger partial charge in [0.1, 0.15) is 5.82 Å². The van der Waals surface area contributed by atoms with Gasteiger partial charge in [0.25, 0.3) is 0 Å². The molecule has 0 unspecified atom stereocenters. The number of hydrogen-bond donors (Lipinski definition) is 2. The van der Waals surface area contributed by atoms with Crippen LogP contribution >= 0.6 is 11.6 Å². The molecule has 0 aliphatic rings. The maximum Gasteiger partial charge on any atom is 0.422 e. The number of ether oxygens (including phenoxy) is 1. The van der Waals surface area contributed by atoms with E-state index in [2.05, 4.69) is 20.0 Å². The molecule has 2 aromatic heterocycles. The average molecular weight is 361 g/mol. The van der Waals surface area contributed by atoms with Crippen molar-refractivity contribution in [3.63, 3.8) is 0 Å². The fourth-order valence-electron chi connectivity index (χ4n) is 1.72. The highest BCUT2D eigenvalue weighted by atomic mass is 35.5. The average Bonchev–Trinajstić information content (AvgIpc) is 2.51. The molecule has 1 amide bonds. The van der Waals surface area contributed by atoms with E-state index in [1.54, 1.807) is 12.1 Å². The summed E-state index contributed by atoms with van der Waals surface area (Å²) in [6.45, 7) is -1.37. The first-order valence-corrected chi connectivity index (χ1v) is 6.97. The van der Waals surface area contributed by atoms with Crippen LogP contribution in [0.1, 0.15) is 15.9 Å². The lowest BCUT2D eigenvalue weighted by Crippen LogP contribution is -2.20. The van der Waals surface area contributed by atoms with Crippen molar-refractivity contribution in [2.45, 2.75) is 12.7 Å². The molecule has 2 rings (SSSR count). The molecule has 0 saturated carbocycles. The molecule has 24 heavy (non-hydrogen) atoms. The molecule has 0 aliphatic heterocycles. The number of pyridine rings is 2. The van der Waals surface area contributed by atoms with Crippen LogP contribution in [0.3, 0.4) is 0 Å². The lowest BCUT2D eigenvalue weighted by molar-refractivity contribution is -0.154. The van der Waals surface area contributed by atoms with Gasteiger partial charge in [-0.3, -0.25) is 4.79 Å². The predicted octanol–water partition coefficient (Wildman–Crippen LogP) is 2.78. The molecular weight excluding hydrogens is 349 g/mol. The molecule has 0 spiro atoms. The Hall–Kier alpha value is -2.55. The van der Waals surface area contributed by atoms with Crippen molar-refractivity contribution in [1.29, 1.82) is 0 Å². The van der Waals surface area contributed by atoms with E-state index in [0.717, 1.165) is 0 Å². The topological polar surface area (TPSA) is 90.1 Å². The van der Waals surface area contributed by atoms with E-state index < -0.39 is 18.7 Å². The van der Waals surface area contributed by atoms with Gasteiger partial charge in [-0.15, -0.1) is 0 Å². The van der Waals surface area contributed by atoms with Crippen molar-refractivity contribution >= 4 is 23.3 Å². The van der Waals surface area contributed by atoms with E-state index in [9.17, 15) is 18.0 Å². The monoisotopic (exact) mass is 360 g/mol. The van der Waals surface area contributed by atoms with Crippen LogP contribution in [0.5, 0.6) is 5.88 Å². The largest absolute Gasteiger partial charge is 0.468 e. The minimum absolute atomic E-state index is 0.0731. The molecule has 0 fully saturated rings. The molecule has 10 heteroatoms. The molecule has 3 N–H and O–H groups in total. The lowest BCUT2D eigenvalue weighted by atomic mass is 10.2. The molecular formula is C14H12ClF3N4O2. The first-order chi connectivity index (χ1) is 11.3. The number of carbonyl (C=O) groups excluding carboxylic acids is 1. The predicted molar refractivity (Wildman–Crippen MR) is 80.9 cm³/mol. The highest BCUT2D eigenvalue weighted by molar-refractivity contribution is 6.33. The number of carbonyl (C=O) groups is 1. The number of halogens is 4. The molecule has 0 aromatic carbocycles. The maximum atomic E-state index is 12.2. The zero-order valence-corrected chi connectivity index (χ0v) is 12.9. The number of amides is 1. The molecule has 6 nitrogen and oxygen atoms in total. The van der Waals surface area contributed by atoms with Crippen molar-refractivity contribution in [2.24, 2.45) is 5.73 Å². The number of aromatic nitrogens is 2. The number of anilines is 1. The Balaban J connectivity index is 2.08. The second-order valence-electron chi connectivity index (χ2n) is 4.64. The SMILES string of the molecule is NC(=O)c1cnc(NCc2cccnc2OCC(F)(F)F)c(Cl)c1. The number of primary amides is 1. The van der Waals surface area contributed by atoms with Crippen molar-refractivity contribution in [2.75, 3.05) is 11.9 Å². The van der Waals surface area contributed by atoms with Crippen LogP contribution in [0.2, 0.25) is 5.02 Å². The van der Waals surface area contributed by atoms with Gasteiger partial charge in [-0.2, -0.15) is 13.2 Å². The molecule has 0 radical (unpaired) electrons. The standard InChI is InChI=1S/C14H12ClF3N4O2/c15-10-4-9(11(19)23)6-22-12(10)21-5-8-2-1-3-20-13(8)24-7-14(16,17)18/h1-4,6H,5,7H2,(H2,19,23)(H,21,22). The molecule has 128 valence electrons. The van der Waals surface area contributed by atoms with Gasteiger partial charge in [-0.1, -0.05) is 17.7 Å². The minimum atomic E-state index is -4.46. The van der Waals surface area contributed by atoms with Crippen LogP contribution in [0.4, 0.5) is 19.0 Å². The second kappa shape index (κ2) is 7.35. The van der Waals surface area contributed by atoms with Gasteiger partial charge < -0.3 is 15.8 Å². The van der Waals surface area contributed by atoms with Crippen molar-refractivity contribution in [3.05, 3.63) is 46.7 Å². The Morgan fingerprint density at radius 2 is 2.12 bits per heavy atom. The highest BCUT2D eigenvalue weighted by Crippen LogP contribution is 2.23. The van der Waals surface area contributed by atoms with Crippen LogP contribution in [0.25, 0.3) is 0 Å². The van der Waals surface area contributed by atoms with Crippen molar-refractivity contribution < 1.29 is 22.7 Å². The van der Waals surface area contributed by atoms with Gasteiger partial charge in [0.05, 0.1) is 10.6 Å². The lowest BCUT2D eigenvalue weighted by Gasteiger charge is -2.13. The fourth-order valence-corrected chi connectivity index (χ4v) is 1.95. The third-order valence-corrected chi connectivity index (χ3v) is 3.08. The van der Waals surface area contributed by atoms with Crippen LogP contribution < -0.4 is 15.8 Å². The van der Waals surface area contributed by atoms with Gasteiger partial charge >= 0.3 is 6.18 Å². The Morgan fingerprint density at radius 1 is 1.38 bits per heavy atom. The van der Waals surface area contributed by atoms with Crippen LogP contribution in [0, 0.1) is 0 Å². The first-order valence-electron chi connectivity index (χ1n) is 6.59. The Bertz CT molecular complexity index is 740. The summed E-state index contributed by atoms with van der Waals surface area (Å²) in [6.07, 6.45) is -1.90. The summed E-state index contributed by atoms with van der Waals surface area (Å²) in [5, 5.41) is 2.98.